The third-order valence-electron chi connectivity index (χ3n) is 2.94. The van der Waals surface area contributed by atoms with Crippen molar-refractivity contribution in [1.82, 2.24) is 0 Å². The molecule has 0 fully saturated rings. The van der Waals surface area contributed by atoms with E-state index in [0.29, 0.717) is 0 Å². The van der Waals surface area contributed by atoms with Gasteiger partial charge < -0.3 is 9.47 Å². The maximum Gasteiger partial charge on any atom is 0.124 e. The van der Waals surface area contributed by atoms with Crippen LogP contribution in [0, 0.1) is 3.57 Å². The Labute approximate surface area is 145 Å². The Bertz CT molecular complexity index is 619. The lowest BCUT2D eigenvalue weighted by Crippen LogP contribution is -2.00. The minimum Gasteiger partial charge on any atom is -0.497 e. The van der Waals surface area contributed by atoms with Gasteiger partial charge in [-0.3, -0.25) is 0 Å². The molecule has 2 nitrogen and oxygen atoms in total. The van der Waals surface area contributed by atoms with E-state index in [9.17, 15) is 0 Å². The number of rotatable bonds is 4. The van der Waals surface area contributed by atoms with Gasteiger partial charge in [0.15, 0.2) is 0 Å². The molecular formula is C15H13BrClIO2. The van der Waals surface area contributed by atoms with E-state index in [-0.39, 0.29) is 5.38 Å². The van der Waals surface area contributed by atoms with Gasteiger partial charge in [0.1, 0.15) is 11.5 Å². The Morgan fingerprint density at radius 3 is 2.45 bits per heavy atom. The van der Waals surface area contributed by atoms with Crippen LogP contribution in [-0.2, 0) is 0 Å². The number of alkyl halides is 1. The van der Waals surface area contributed by atoms with E-state index in [1.807, 2.05) is 30.3 Å². The highest BCUT2D eigenvalue weighted by atomic mass is 127. The van der Waals surface area contributed by atoms with Crippen LogP contribution in [-0.4, -0.2) is 14.2 Å². The molecule has 2 rings (SSSR count). The molecule has 0 heterocycles. The Balaban J connectivity index is 2.51. The molecule has 20 heavy (non-hydrogen) atoms. The van der Waals surface area contributed by atoms with Gasteiger partial charge in [-0.1, -0.05) is 15.9 Å². The Hall–Kier alpha value is -0.460. The summed E-state index contributed by atoms with van der Waals surface area (Å²) in [6, 6.07) is 11.7. The Morgan fingerprint density at radius 2 is 1.80 bits per heavy atom. The summed E-state index contributed by atoms with van der Waals surface area (Å²) in [6.45, 7) is 0. The van der Waals surface area contributed by atoms with Crippen LogP contribution < -0.4 is 9.47 Å². The summed E-state index contributed by atoms with van der Waals surface area (Å²) in [4.78, 5) is 0. The van der Waals surface area contributed by atoms with Crippen molar-refractivity contribution in [2.45, 2.75) is 5.38 Å². The standard InChI is InChI=1S/C15H13BrClIO2/c1-19-10-4-6-14(20-2)12(8-10)15(17)11-7-9(18)3-5-13(11)16/h3-8,15H,1-2H3. The second kappa shape index (κ2) is 7.00. The number of hydrogen-bond acceptors (Lipinski definition) is 2. The maximum absolute atomic E-state index is 6.65. The average Bonchev–Trinajstić information content (AvgIpc) is 2.48. The molecule has 0 spiro atoms. The first-order chi connectivity index (χ1) is 9.56. The van der Waals surface area contributed by atoms with E-state index in [0.717, 1.165) is 30.7 Å². The predicted octanol–water partition coefficient (Wildman–Crippen LogP) is 5.40. The smallest absolute Gasteiger partial charge is 0.124 e. The van der Waals surface area contributed by atoms with Crippen molar-refractivity contribution < 1.29 is 9.47 Å². The summed E-state index contributed by atoms with van der Waals surface area (Å²) in [5, 5.41) is -0.316. The second-order valence-electron chi connectivity index (χ2n) is 4.14. The van der Waals surface area contributed by atoms with Crippen LogP contribution in [0.15, 0.2) is 40.9 Å². The molecule has 106 valence electrons. The fraction of sp³-hybridized carbons (Fsp3) is 0.200. The minimum absolute atomic E-state index is 0.316. The molecule has 0 aliphatic rings. The lowest BCUT2D eigenvalue weighted by molar-refractivity contribution is 0.399. The van der Waals surface area contributed by atoms with Crippen molar-refractivity contribution in [3.05, 3.63) is 55.6 Å². The first kappa shape index (κ1) is 15.9. The van der Waals surface area contributed by atoms with Crippen molar-refractivity contribution in [3.8, 4) is 11.5 Å². The van der Waals surface area contributed by atoms with Crippen molar-refractivity contribution in [2.24, 2.45) is 0 Å². The van der Waals surface area contributed by atoms with Crippen LogP contribution in [0.2, 0.25) is 0 Å². The molecule has 0 aliphatic carbocycles. The van der Waals surface area contributed by atoms with Gasteiger partial charge in [-0.25, -0.2) is 0 Å². The largest absolute Gasteiger partial charge is 0.497 e. The summed E-state index contributed by atoms with van der Waals surface area (Å²) in [7, 11) is 3.27. The van der Waals surface area contributed by atoms with Gasteiger partial charge in [-0.15, -0.1) is 11.6 Å². The topological polar surface area (TPSA) is 18.5 Å². The molecule has 0 N–H and O–H groups in total. The quantitative estimate of drug-likeness (QED) is 0.443. The molecule has 0 radical (unpaired) electrons. The third kappa shape index (κ3) is 3.40. The molecule has 5 heteroatoms. The highest BCUT2D eigenvalue weighted by Gasteiger charge is 2.19. The predicted molar refractivity (Wildman–Crippen MR) is 94.1 cm³/mol. The SMILES string of the molecule is COc1ccc(OC)c(C(Cl)c2cc(I)ccc2Br)c1. The molecule has 2 aromatic rings. The van der Waals surface area contributed by atoms with Gasteiger partial charge in [0.2, 0.25) is 0 Å². The summed E-state index contributed by atoms with van der Waals surface area (Å²) >= 11 is 12.5. The molecule has 0 amide bonds. The fourth-order valence-electron chi connectivity index (χ4n) is 1.91. The van der Waals surface area contributed by atoms with E-state index >= 15 is 0 Å². The van der Waals surface area contributed by atoms with Gasteiger partial charge >= 0.3 is 0 Å². The fourth-order valence-corrected chi connectivity index (χ4v) is 3.39. The highest BCUT2D eigenvalue weighted by molar-refractivity contribution is 14.1. The monoisotopic (exact) mass is 466 g/mol. The van der Waals surface area contributed by atoms with Gasteiger partial charge in [0, 0.05) is 13.6 Å². The molecule has 0 saturated heterocycles. The molecule has 1 unspecified atom stereocenters. The van der Waals surface area contributed by atoms with Crippen molar-refractivity contribution in [2.75, 3.05) is 14.2 Å². The van der Waals surface area contributed by atoms with Gasteiger partial charge in [-0.2, -0.15) is 0 Å². The summed E-state index contributed by atoms with van der Waals surface area (Å²) in [5.74, 6) is 1.50. The van der Waals surface area contributed by atoms with Gasteiger partial charge in [0.25, 0.3) is 0 Å². The van der Waals surface area contributed by atoms with E-state index in [1.165, 1.54) is 0 Å². The molecule has 0 bridgehead atoms. The van der Waals surface area contributed by atoms with Crippen LogP contribution in [0.5, 0.6) is 11.5 Å². The summed E-state index contributed by atoms with van der Waals surface area (Å²) < 4.78 is 12.8. The first-order valence-electron chi connectivity index (χ1n) is 5.87. The Morgan fingerprint density at radius 1 is 1.05 bits per heavy atom. The van der Waals surface area contributed by atoms with Crippen molar-refractivity contribution >= 4 is 50.1 Å². The maximum atomic E-state index is 6.65. The van der Waals surface area contributed by atoms with E-state index in [1.54, 1.807) is 14.2 Å². The normalized spacial score (nSPS) is 12.1. The van der Waals surface area contributed by atoms with E-state index in [2.05, 4.69) is 44.6 Å². The van der Waals surface area contributed by atoms with Crippen LogP contribution in [0.1, 0.15) is 16.5 Å². The zero-order chi connectivity index (χ0) is 14.7. The second-order valence-corrected chi connectivity index (χ2v) is 6.67. The van der Waals surface area contributed by atoms with Gasteiger partial charge in [0.05, 0.1) is 19.6 Å². The van der Waals surface area contributed by atoms with E-state index in [4.69, 9.17) is 21.1 Å². The minimum atomic E-state index is -0.316. The first-order valence-corrected chi connectivity index (χ1v) is 8.18. The molecule has 2 aromatic carbocycles. The number of hydrogen-bond donors (Lipinski definition) is 0. The summed E-state index contributed by atoms with van der Waals surface area (Å²) in [5.41, 5.74) is 1.89. The molecule has 0 saturated carbocycles. The number of methoxy groups -OCH3 is 2. The Kier molecular flexibility index (Phi) is 5.57. The van der Waals surface area contributed by atoms with Crippen LogP contribution in [0.25, 0.3) is 0 Å². The zero-order valence-electron chi connectivity index (χ0n) is 11.0. The number of benzene rings is 2. The van der Waals surface area contributed by atoms with Crippen molar-refractivity contribution in [3.63, 3.8) is 0 Å². The molecule has 0 aliphatic heterocycles. The molecule has 1 atom stereocenters. The van der Waals surface area contributed by atoms with Crippen molar-refractivity contribution in [1.29, 1.82) is 0 Å². The molecule has 0 aromatic heterocycles. The molecular weight excluding hydrogens is 454 g/mol. The summed E-state index contributed by atoms with van der Waals surface area (Å²) in [6.07, 6.45) is 0. The third-order valence-corrected chi connectivity index (χ3v) is 4.80. The van der Waals surface area contributed by atoms with E-state index < -0.39 is 0 Å². The lowest BCUT2D eigenvalue weighted by Gasteiger charge is -2.17. The number of halogens is 3. The average molecular weight is 468 g/mol. The number of ether oxygens (including phenoxy) is 2. The van der Waals surface area contributed by atoms with Crippen LogP contribution in [0.4, 0.5) is 0 Å². The van der Waals surface area contributed by atoms with Crippen LogP contribution in [0.3, 0.4) is 0 Å². The zero-order valence-corrected chi connectivity index (χ0v) is 15.5. The van der Waals surface area contributed by atoms with Gasteiger partial charge in [-0.05, 0) is 64.6 Å². The lowest BCUT2D eigenvalue weighted by atomic mass is 10.0. The van der Waals surface area contributed by atoms with Crippen LogP contribution >= 0.6 is 50.1 Å². The highest BCUT2D eigenvalue weighted by Crippen LogP contribution is 2.40.